The zero-order valence-corrected chi connectivity index (χ0v) is 11.9. The van der Waals surface area contributed by atoms with Crippen molar-refractivity contribution in [1.82, 2.24) is 10.2 Å². The van der Waals surface area contributed by atoms with Crippen molar-refractivity contribution >= 4 is 22.4 Å². The van der Waals surface area contributed by atoms with Crippen LogP contribution in [0.4, 0.5) is 5.69 Å². The molecular formula is C17H15N3O. The second kappa shape index (κ2) is 4.98. The SMILES string of the molecule is Cc1ccc(C(=O)c2nnc3cc(C)ccc3c2N)cc1. The third-order valence-electron chi connectivity index (χ3n) is 3.49. The standard InChI is InChI=1S/C17H15N3O/c1-10-3-6-12(7-4-10)17(21)16-15(18)13-8-5-11(2)9-14(13)19-20-16/h3-9H,1-2H3,(H2,18,19). The second-order valence-corrected chi connectivity index (χ2v) is 5.18. The number of rotatable bonds is 2. The van der Waals surface area contributed by atoms with Gasteiger partial charge in [0.15, 0.2) is 5.69 Å². The lowest BCUT2D eigenvalue weighted by Crippen LogP contribution is -2.10. The average Bonchev–Trinajstić information content (AvgIpc) is 2.47. The number of nitrogens with zero attached hydrogens (tertiary/aromatic N) is 2. The molecule has 0 fully saturated rings. The third kappa shape index (κ3) is 2.36. The number of hydrogen-bond donors (Lipinski definition) is 1. The minimum absolute atomic E-state index is 0.204. The van der Waals surface area contributed by atoms with Gasteiger partial charge >= 0.3 is 0 Å². The first-order valence-electron chi connectivity index (χ1n) is 6.70. The van der Waals surface area contributed by atoms with E-state index < -0.39 is 0 Å². The van der Waals surface area contributed by atoms with Gasteiger partial charge in [-0.2, -0.15) is 0 Å². The van der Waals surface area contributed by atoms with Crippen LogP contribution >= 0.6 is 0 Å². The summed E-state index contributed by atoms with van der Waals surface area (Å²) in [6.45, 7) is 3.95. The molecule has 0 spiro atoms. The molecule has 4 heteroatoms. The summed E-state index contributed by atoms with van der Waals surface area (Å²) in [6.07, 6.45) is 0. The lowest BCUT2D eigenvalue weighted by molar-refractivity contribution is 0.103. The number of hydrogen-bond acceptors (Lipinski definition) is 4. The van der Waals surface area contributed by atoms with E-state index in [1.165, 1.54) is 0 Å². The van der Waals surface area contributed by atoms with Crippen molar-refractivity contribution in [3.05, 3.63) is 64.8 Å². The number of aryl methyl sites for hydroxylation is 2. The lowest BCUT2D eigenvalue weighted by atomic mass is 10.0. The summed E-state index contributed by atoms with van der Waals surface area (Å²) >= 11 is 0. The summed E-state index contributed by atoms with van der Waals surface area (Å²) in [7, 11) is 0. The molecule has 2 aromatic carbocycles. The second-order valence-electron chi connectivity index (χ2n) is 5.18. The van der Waals surface area contributed by atoms with E-state index in [0.29, 0.717) is 16.8 Å². The predicted molar refractivity (Wildman–Crippen MR) is 83.3 cm³/mol. The maximum atomic E-state index is 12.5. The van der Waals surface area contributed by atoms with Gasteiger partial charge in [-0.05, 0) is 25.5 Å². The van der Waals surface area contributed by atoms with Crippen LogP contribution in [0.1, 0.15) is 27.2 Å². The minimum atomic E-state index is -0.206. The molecule has 0 atom stereocenters. The molecule has 0 amide bonds. The van der Waals surface area contributed by atoms with Gasteiger partial charge in [-0.25, -0.2) is 0 Å². The molecule has 0 unspecified atom stereocenters. The Kier molecular flexibility index (Phi) is 3.14. The largest absolute Gasteiger partial charge is 0.396 e. The molecular weight excluding hydrogens is 262 g/mol. The summed E-state index contributed by atoms with van der Waals surface area (Å²) in [5, 5.41) is 8.89. The van der Waals surface area contributed by atoms with Crippen LogP contribution in [-0.2, 0) is 0 Å². The number of nitrogen functional groups attached to an aromatic ring is 1. The van der Waals surface area contributed by atoms with E-state index in [1.54, 1.807) is 12.1 Å². The highest BCUT2D eigenvalue weighted by atomic mass is 16.1. The van der Waals surface area contributed by atoms with Crippen molar-refractivity contribution in [3.8, 4) is 0 Å². The van der Waals surface area contributed by atoms with Crippen molar-refractivity contribution < 1.29 is 4.79 Å². The Hall–Kier alpha value is -2.75. The van der Waals surface area contributed by atoms with Crippen LogP contribution in [0.5, 0.6) is 0 Å². The smallest absolute Gasteiger partial charge is 0.215 e. The first-order chi connectivity index (χ1) is 10.1. The molecule has 21 heavy (non-hydrogen) atoms. The Morgan fingerprint density at radius 3 is 2.33 bits per heavy atom. The summed E-state index contributed by atoms with van der Waals surface area (Å²) in [5.74, 6) is -0.206. The topological polar surface area (TPSA) is 68.9 Å². The molecule has 1 aromatic heterocycles. The summed E-state index contributed by atoms with van der Waals surface area (Å²) in [5.41, 5.74) is 10.1. The van der Waals surface area contributed by atoms with E-state index in [4.69, 9.17) is 5.73 Å². The van der Waals surface area contributed by atoms with Crippen molar-refractivity contribution in [2.24, 2.45) is 0 Å². The highest BCUT2D eigenvalue weighted by molar-refractivity contribution is 6.13. The first-order valence-corrected chi connectivity index (χ1v) is 6.70. The normalized spacial score (nSPS) is 10.8. The number of benzene rings is 2. The highest BCUT2D eigenvalue weighted by Crippen LogP contribution is 2.24. The quantitative estimate of drug-likeness (QED) is 0.731. The van der Waals surface area contributed by atoms with E-state index in [-0.39, 0.29) is 11.5 Å². The van der Waals surface area contributed by atoms with Gasteiger partial charge in [-0.15, -0.1) is 10.2 Å². The molecule has 0 aliphatic heterocycles. The average molecular weight is 277 g/mol. The van der Waals surface area contributed by atoms with Gasteiger partial charge < -0.3 is 5.73 Å². The number of carbonyl (C=O) groups is 1. The van der Waals surface area contributed by atoms with E-state index in [9.17, 15) is 4.79 Å². The van der Waals surface area contributed by atoms with Crippen molar-refractivity contribution in [2.75, 3.05) is 5.73 Å². The van der Waals surface area contributed by atoms with Crippen LogP contribution < -0.4 is 5.73 Å². The monoisotopic (exact) mass is 277 g/mol. The molecule has 3 rings (SSSR count). The van der Waals surface area contributed by atoms with Gasteiger partial charge in [0.2, 0.25) is 5.78 Å². The van der Waals surface area contributed by atoms with Crippen molar-refractivity contribution in [1.29, 1.82) is 0 Å². The van der Waals surface area contributed by atoms with Crippen molar-refractivity contribution in [3.63, 3.8) is 0 Å². The fourth-order valence-corrected chi connectivity index (χ4v) is 2.25. The Labute approximate surface area is 122 Å². The minimum Gasteiger partial charge on any atom is -0.396 e. The van der Waals surface area contributed by atoms with Gasteiger partial charge in [0.1, 0.15) is 0 Å². The van der Waals surface area contributed by atoms with Crippen molar-refractivity contribution in [2.45, 2.75) is 13.8 Å². The maximum Gasteiger partial charge on any atom is 0.215 e. The molecule has 1 heterocycles. The number of aromatic nitrogens is 2. The fourth-order valence-electron chi connectivity index (χ4n) is 2.25. The third-order valence-corrected chi connectivity index (χ3v) is 3.49. The van der Waals surface area contributed by atoms with Gasteiger partial charge in [0.05, 0.1) is 11.2 Å². The number of nitrogens with two attached hydrogens (primary N) is 1. The molecule has 0 saturated heterocycles. The first kappa shape index (κ1) is 13.2. The molecule has 0 saturated carbocycles. The van der Waals surface area contributed by atoms with E-state index >= 15 is 0 Å². The number of fused-ring (bicyclic) bond motifs is 1. The van der Waals surface area contributed by atoms with Gasteiger partial charge in [-0.1, -0.05) is 42.0 Å². The molecule has 2 N–H and O–H groups in total. The Morgan fingerprint density at radius 2 is 1.62 bits per heavy atom. The summed E-state index contributed by atoms with van der Waals surface area (Å²) in [4.78, 5) is 12.5. The Bertz CT molecular complexity index is 839. The molecule has 0 radical (unpaired) electrons. The summed E-state index contributed by atoms with van der Waals surface area (Å²) < 4.78 is 0. The van der Waals surface area contributed by atoms with Crippen LogP contribution in [-0.4, -0.2) is 16.0 Å². The van der Waals surface area contributed by atoms with Crippen LogP contribution in [0.15, 0.2) is 42.5 Å². The Morgan fingerprint density at radius 1 is 0.952 bits per heavy atom. The van der Waals surface area contributed by atoms with Crippen LogP contribution in [0.2, 0.25) is 0 Å². The van der Waals surface area contributed by atoms with Crippen LogP contribution in [0.3, 0.4) is 0 Å². The van der Waals surface area contributed by atoms with Crippen LogP contribution in [0, 0.1) is 13.8 Å². The fraction of sp³-hybridized carbons (Fsp3) is 0.118. The molecule has 0 aliphatic carbocycles. The maximum absolute atomic E-state index is 12.5. The number of carbonyl (C=O) groups excluding carboxylic acids is 1. The van der Waals surface area contributed by atoms with E-state index in [0.717, 1.165) is 16.5 Å². The van der Waals surface area contributed by atoms with E-state index in [1.807, 2.05) is 44.2 Å². The predicted octanol–water partition coefficient (Wildman–Crippen LogP) is 3.06. The number of ketones is 1. The molecule has 3 aromatic rings. The zero-order valence-electron chi connectivity index (χ0n) is 11.9. The molecule has 104 valence electrons. The highest BCUT2D eigenvalue weighted by Gasteiger charge is 2.17. The molecule has 0 bridgehead atoms. The van der Waals surface area contributed by atoms with E-state index in [2.05, 4.69) is 10.2 Å². The summed E-state index contributed by atoms with van der Waals surface area (Å²) in [6, 6.07) is 13.1. The Balaban J connectivity index is 2.12. The van der Waals surface area contributed by atoms with Gasteiger partial charge in [0, 0.05) is 10.9 Å². The zero-order chi connectivity index (χ0) is 15.0. The molecule has 4 nitrogen and oxygen atoms in total. The van der Waals surface area contributed by atoms with Crippen LogP contribution in [0.25, 0.3) is 10.9 Å². The van der Waals surface area contributed by atoms with Gasteiger partial charge in [-0.3, -0.25) is 4.79 Å². The van der Waals surface area contributed by atoms with Gasteiger partial charge in [0.25, 0.3) is 0 Å². The number of anilines is 1. The molecule has 0 aliphatic rings. The lowest BCUT2D eigenvalue weighted by Gasteiger charge is -2.07.